The summed E-state index contributed by atoms with van der Waals surface area (Å²) < 4.78 is 10.8. The fourth-order valence-electron chi connectivity index (χ4n) is 7.09. The van der Waals surface area contributed by atoms with Gasteiger partial charge in [0, 0.05) is 46.7 Å². The Labute approximate surface area is 345 Å². The fourth-order valence-corrected chi connectivity index (χ4v) is 7.09. The molecular formula is C47H38N8OPt. The van der Waals surface area contributed by atoms with Gasteiger partial charge in [-0.05, 0) is 63.9 Å². The Morgan fingerprint density at radius 2 is 1.44 bits per heavy atom. The summed E-state index contributed by atoms with van der Waals surface area (Å²) in [5, 5.41) is 7.47. The minimum absolute atomic E-state index is 0. The molecule has 5 heterocycles. The van der Waals surface area contributed by atoms with Crippen molar-refractivity contribution in [3.05, 3.63) is 158 Å². The van der Waals surface area contributed by atoms with Gasteiger partial charge in [-0.1, -0.05) is 88.7 Å². The summed E-state index contributed by atoms with van der Waals surface area (Å²) in [5.74, 6) is 2.75. The summed E-state index contributed by atoms with van der Waals surface area (Å²) in [4.78, 5) is 22.5. The van der Waals surface area contributed by atoms with Gasteiger partial charge in [0.1, 0.15) is 29.9 Å². The normalized spacial score (nSPS) is 11.6. The van der Waals surface area contributed by atoms with Gasteiger partial charge in [-0.25, -0.2) is 19.9 Å². The van der Waals surface area contributed by atoms with Crippen LogP contribution in [0.25, 0.3) is 67.2 Å². The minimum Gasteiger partial charge on any atom is -0.509 e. The molecule has 0 amide bonds. The van der Waals surface area contributed by atoms with E-state index in [9.17, 15) is 0 Å². The molecule has 0 saturated heterocycles. The Hall–Kier alpha value is -6.31. The van der Waals surface area contributed by atoms with Crippen LogP contribution in [-0.4, -0.2) is 39.3 Å². The van der Waals surface area contributed by atoms with E-state index >= 15 is 0 Å². The zero-order valence-corrected chi connectivity index (χ0v) is 34.4. The third-order valence-corrected chi connectivity index (χ3v) is 9.97. The minimum atomic E-state index is -0.244. The molecule has 4 aromatic carbocycles. The van der Waals surface area contributed by atoms with Crippen molar-refractivity contribution in [2.24, 2.45) is 0 Å². The summed E-state index contributed by atoms with van der Waals surface area (Å²) in [6.45, 7) is 10.9. The van der Waals surface area contributed by atoms with E-state index < -0.39 is 0 Å². The molecule has 5 aromatic heterocycles. The number of nitrogens with zero attached hydrogens (tertiary/aromatic N) is 8. The summed E-state index contributed by atoms with van der Waals surface area (Å²) in [7, 11) is 0. The zero-order chi connectivity index (χ0) is 38.4. The van der Waals surface area contributed by atoms with Crippen molar-refractivity contribution in [3.8, 4) is 56.9 Å². The van der Waals surface area contributed by atoms with Crippen molar-refractivity contribution in [2.75, 3.05) is 0 Å². The maximum Gasteiger partial charge on any atom is 2.00 e. The van der Waals surface area contributed by atoms with Gasteiger partial charge < -0.3 is 9.30 Å². The van der Waals surface area contributed by atoms with Gasteiger partial charge in [-0.3, -0.25) is 9.67 Å². The predicted molar refractivity (Wildman–Crippen MR) is 220 cm³/mol. The number of hydrogen-bond acceptors (Lipinski definition) is 7. The van der Waals surface area contributed by atoms with Gasteiger partial charge in [-0.15, -0.1) is 41.3 Å². The molecule has 57 heavy (non-hydrogen) atoms. The number of rotatable bonds is 8. The summed E-state index contributed by atoms with van der Waals surface area (Å²) in [5.41, 5.74) is 8.82. The van der Waals surface area contributed by atoms with E-state index in [1.807, 2.05) is 53.3 Å². The largest absolute Gasteiger partial charge is 2.00 e. The second-order valence-corrected chi connectivity index (χ2v) is 15.1. The molecule has 0 fully saturated rings. The first-order chi connectivity index (χ1) is 27.2. The van der Waals surface area contributed by atoms with E-state index in [1.54, 1.807) is 12.4 Å². The van der Waals surface area contributed by atoms with Gasteiger partial charge in [0.2, 0.25) is 0 Å². The SMILES string of the molecule is CC(C)c1ccnc(-n2c3[c-]c(Oc4[c-]c(-n5nc(-c6ccncc6)c(-c6ccccc6)c5-c5ncncn5)cc(C(C)(C)C)c4)ccc3c3ccccc32)c1.[Pt+2]. The Morgan fingerprint density at radius 3 is 2.19 bits per heavy atom. The molecular weight excluding hydrogens is 888 g/mol. The van der Waals surface area contributed by atoms with Crippen molar-refractivity contribution in [1.29, 1.82) is 0 Å². The molecule has 10 heteroatoms. The molecule has 0 saturated carbocycles. The quantitative estimate of drug-likeness (QED) is 0.140. The fraction of sp³-hybridized carbons (Fsp3) is 0.149. The van der Waals surface area contributed by atoms with E-state index in [2.05, 4.69) is 132 Å². The standard InChI is InChI=1S/C47H38N8O.Pt/c1-30(2)33-19-22-50-42(23-33)54-40-14-10-9-13-38(40)39-16-15-36(27-41(39)54)56-37-25-34(47(3,4)5)24-35(26-37)55-45(46-51-28-49-29-52-46)43(31-11-7-6-8-12-31)44(53-55)32-17-20-48-21-18-32;/h6-25,28-30H,1-5H3;/q-2;+2. The molecule has 0 radical (unpaired) electrons. The van der Waals surface area contributed by atoms with Crippen LogP contribution in [0.1, 0.15) is 51.7 Å². The third kappa shape index (κ3) is 7.15. The monoisotopic (exact) mass is 925 g/mol. The zero-order valence-electron chi connectivity index (χ0n) is 32.1. The van der Waals surface area contributed by atoms with Crippen LogP contribution in [-0.2, 0) is 26.5 Å². The molecule has 9 rings (SSSR count). The molecule has 0 bridgehead atoms. The molecule has 0 unspecified atom stereocenters. The van der Waals surface area contributed by atoms with Crippen LogP contribution in [0.5, 0.6) is 11.5 Å². The Bertz CT molecular complexity index is 2850. The molecule has 0 spiro atoms. The van der Waals surface area contributed by atoms with E-state index in [4.69, 9.17) is 14.8 Å². The summed E-state index contributed by atoms with van der Waals surface area (Å²) in [6.07, 6.45) is 8.43. The first-order valence-corrected chi connectivity index (χ1v) is 18.6. The van der Waals surface area contributed by atoms with Gasteiger partial charge in [0.25, 0.3) is 0 Å². The van der Waals surface area contributed by atoms with Crippen molar-refractivity contribution in [3.63, 3.8) is 0 Å². The van der Waals surface area contributed by atoms with E-state index in [0.29, 0.717) is 34.6 Å². The van der Waals surface area contributed by atoms with Crippen LogP contribution in [0.2, 0.25) is 0 Å². The molecule has 0 atom stereocenters. The molecule has 0 aliphatic rings. The van der Waals surface area contributed by atoms with Crippen LogP contribution in [0.15, 0.2) is 134 Å². The molecule has 0 N–H and O–H groups in total. The van der Waals surface area contributed by atoms with Gasteiger partial charge in [0.15, 0.2) is 5.82 Å². The molecule has 282 valence electrons. The molecule has 9 nitrogen and oxygen atoms in total. The Balaban J connectivity index is 0.00000455. The predicted octanol–water partition coefficient (Wildman–Crippen LogP) is 10.8. The van der Waals surface area contributed by atoms with Crippen LogP contribution in [0.4, 0.5) is 0 Å². The average molecular weight is 926 g/mol. The topological polar surface area (TPSA) is 96.4 Å². The van der Waals surface area contributed by atoms with Gasteiger partial charge in [-0.2, -0.15) is 11.2 Å². The maximum absolute atomic E-state index is 6.75. The smallest absolute Gasteiger partial charge is 0.509 e. The van der Waals surface area contributed by atoms with Crippen molar-refractivity contribution >= 4 is 21.8 Å². The Morgan fingerprint density at radius 1 is 0.684 bits per heavy atom. The maximum atomic E-state index is 6.75. The van der Waals surface area contributed by atoms with E-state index in [1.165, 1.54) is 18.2 Å². The number of pyridine rings is 2. The number of ether oxygens (including phenoxy) is 1. The Kier molecular flexibility index (Phi) is 10.1. The number of hydrogen-bond donors (Lipinski definition) is 0. The van der Waals surface area contributed by atoms with Crippen LogP contribution in [0.3, 0.4) is 0 Å². The van der Waals surface area contributed by atoms with Crippen LogP contribution >= 0.6 is 0 Å². The van der Waals surface area contributed by atoms with E-state index in [-0.39, 0.29) is 26.5 Å². The third-order valence-electron chi connectivity index (χ3n) is 9.97. The van der Waals surface area contributed by atoms with Crippen LogP contribution < -0.4 is 4.74 Å². The van der Waals surface area contributed by atoms with Crippen molar-refractivity contribution in [2.45, 2.75) is 46.0 Å². The number of aromatic nitrogens is 8. The summed E-state index contributed by atoms with van der Waals surface area (Å²) in [6, 6.07) is 42.1. The average Bonchev–Trinajstić information content (AvgIpc) is 3.78. The first-order valence-electron chi connectivity index (χ1n) is 18.6. The van der Waals surface area contributed by atoms with Crippen LogP contribution in [0, 0.1) is 12.1 Å². The second kappa shape index (κ2) is 15.3. The second-order valence-electron chi connectivity index (χ2n) is 15.1. The number of para-hydroxylation sites is 1. The van der Waals surface area contributed by atoms with E-state index in [0.717, 1.165) is 55.6 Å². The molecule has 0 aliphatic heterocycles. The number of fused-ring (bicyclic) bond motifs is 3. The van der Waals surface area contributed by atoms with Gasteiger partial charge in [0.05, 0.1) is 0 Å². The molecule has 9 aromatic rings. The van der Waals surface area contributed by atoms with Crippen molar-refractivity contribution in [1.82, 2.24) is 39.3 Å². The summed E-state index contributed by atoms with van der Waals surface area (Å²) >= 11 is 0. The van der Waals surface area contributed by atoms with Crippen molar-refractivity contribution < 1.29 is 25.8 Å². The van der Waals surface area contributed by atoms with Gasteiger partial charge >= 0.3 is 21.1 Å². The number of benzene rings is 4. The molecule has 0 aliphatic carbocycles. The first kappa shape index (κ1) is 37.6.